The van der Waals surface area contributed by atoms with Crippen molar-refractivity contribution >= 4 is 35.3 Å². The van der Waals surface area contributed by atoms with Gasteiger partial charge < -0.3 is 23.7 Å². The molecule has 0 aliphatic carbocycles. The molecule has 1 aromatic heterocycles. The third kappa shape index (κ3) is 6.86. The molecule has 2 heterocycles. The minimum absolute atomic E-state index is 0.0943. The Morgan fingerprint density at radius 1 is 0.953 bits per heavy atom. The molecule has 12 heteroatoms. The van der Waals surface area contributed by atoms with Gasteiger partial charge in [0.2, 0.25) is 0 Å². The van der Waals surface area contributed by atoms with Crippen molar-refractivity contribution < 1.29 is 38.1 Å². The number of nitrogens with zero attached hydrogens (tertiary/aromatic N) is 2. The molecule has 0 amide bonds. The summed E-state index contributed by atoms with van der Waals surface area (Å²) in [6, 6.07) is 8.84. The molecule has 0 N–H and O–H groups in total. The second-order valence-corrected chi connectivity index (χ2v) is 11.1. The average Bonchev–Trinajstić information content (AvgIpc) is 3.25. The summed E-state index contributed by atoms with van der Waals surface area (Å²) >= 11 is 1.16. The fraction of sp³-hybridized carbons (Fsp3) is 0.323. The number of thiazole rings is 1. The van der Waals surface area contributed by atoms with Crippen molar-refractivity contribution in [1.82, 2.24) is 4.57 Å². The first-order valence-electron chi connectivity index (χ1n) is 13.4. The minimum atomic E-state index is -0.904. The third-order valence-corrected chi connectivity index (χ3v) is 7.27. The molecule has 43 heavy (non-hydrogen) atoms. The van der Waals surface area contributed by atoms with Gasteiger partial charge in [-0.25, -0.2) is 9.79 Å². The zero-order valence-corrected chi connectivity index (χ0v) is 25.7. The number of hydrogen-bond acceptors (Lipinski definition) is 11. The summed E-state index contributed by atoms with van der Waals surface area (Å²) in [6.45, 7) is 8.30. The van der Waals surface area contributed by atoms with Gasteiger partial charge in [0.05, 0.1) is 42.7 Å². The van der Waals surface area contributed by atoms with Crippen molar-refractivity contribution in [2.75, 3.05) is 20.8 Å². The Morgan fingerprint density at radius 3 is 2.14 bits per heavy atom. The summed E-state index contributed by atoms with van der Waals surface area (Å²) in [6.07, 6.45) is 1.67. The molecule has 0 saturated carbocycles. The Kier molecular flexibility index (Phi) is 9.50. The molecule has 0 bridgehead atoms. The third-order valence-electron chi connectivity index (χ3n) is 6.29. The monoisotopic (exact) mass is 608 g/mol. The normalized spacial score (nSPS) is 14.6. The molecule has 0 fully saturated rings. The summed E-state index contributed by atoms with van der Waals surface area (Å²) in [7, 11) is 2.88. The highest BCUT2D eigenvalue weighted by Crippen LogP contribution is 2.36. The van der Waals surface area contributed by atoms with E-state index >= 15 is 0 Å². The largest absolute Gasteiger partial charge is 0.493 e. The van der Waals surface area contributed by atoms with Crippen LogP contribution in [0.2, 0.25) is 0 Å². The number of allylic oxidation sites excluding steroid dienone is 1. The van der Waals surface area contributed by atoms with Crippen LogP contribution in [-0.4, -0.2) is 43.3 Å². The van der Waals surface area contributed by atoms with E-state index in [-0.39, 0.29) is 40.9 Å². The van der Waals surface area contributed by atoms with Gasteiger partial charge in [0.1, 0.15) is 0 Å². The number of methoxy groups -OCH3 is 2. The van der Waals surface area contributed by atoms with Gasteiger partial charge in [0, 0.05) is 13.8 Å². The summed E-state index contributed by atoms with van der Waals surface area (Å²) in [5.74, 6) is -0.498. The molecular formula is C31H32N2O9S. The summed E-state index contributed by atoms with van der Waals surface area (Å²) in [5, 5.41) is 0. The molecule has 3 aromatic rings. The number of aromatic nitrogens is 1. The van der Waals surface area contributed by atoms with Gasteiger partial charge in [-0.15, -0.1) is 0 Å². The lowest BCUT2D eigenvalue weighted by molar-refractivity contribution is -0.140. The highest BCUT2D eigenvalue weighted by atomic mass is 32.1. The first kappa shape index (κ1) is 31.2. The number of hydrogen-bond donors (Lipinski definition) is 0. The highest BCUT2D eigenvalue weighted by molar-refractivity contribution is 7.07. The van der Waals surface area contributed by atoms with Crippen LogP contribution in [0.25, 0.3) is 6.08 Å². The molecule has 1 aliphatic rings. The SMILES string of the molecule is COc1cc(/C=c2\sc3n(c2=O)C(c2ccc(OC(C)=O)c(OC)c2)C(C(=O)OCC(C)C)=C(C)N=3)ccc1OC(C)=O. The van der Waals surface area contributed by atoms with Gasteiger partial charge >= 0.3 is 17.9 Å². The maximum absolute atomic E-state index is 14.0. The molecule has 2 aromatic carbocycles. The maximum atomic E-state index is 14.0. The zero-order valence-electron chi connectivity index (χ0n) is 24.9. The molecule has 0 radical (unpaired) electrons. The standard InChI is InChI=1S/C31H32N2O9S/c1-16(2)15-40-30(37)27-17(3)32-31-33(28(27)21-9-11-23(42-19(5)35)25(14-21)39-7)29(36)26(43-31)13-20-8-10-22(41-18(4)34)24(12-20)38-6/h8-14,16,28H,15H2,1-7H3/b26-13-. The summed E-state index contributed by atoms with van der Waals surface area (Å²) in [5.41, 5.74) is 1.37. The van der Waals surface area contributed by atoms with Crippen LogP contribution < -0.4 is 33.8 Å². The first-order chi connectivity index (χ1) is 20.4. The molecule has 0 saturated heterocycles. The van der Waals surface area contributed by atoms with Gasteiger partial charge in [0.25, 0.3) is 5.56 Å². The quantitative estimate of drug-likeness (QED) is 0.265. The van der Waals surface area contributed by atoms with Crippen LogP contribution in [0.4, 0.5) is 0 Å². The number of carbonyl (C=O) groups excluding carboxylic acids is 3. The molecule has 1 atom stereocenters. The lowest BCUT2D eigenvalue weighted by Gasteiger charge is -2.25. The Morgan fingerprint density at radius 2 is 1.56 bits per heavy atom. The minimum Gasteiger partial charge on any atom is -0.493 e. The smallest absolute Gasteiger partial charge is 0.338 e. The van der Waals surface area contributed by atoms with E-state index in [1.165, 1.54) is 32.6 Å². The number of ether oxygens (including phenoxy) is 5. The second kappa shape index (κ2) is 13.1. The number of rotatable bonds is 9. The van der Waals surface area contributed by atoms with Gasteiger partial charge in [-0.3, -0.25) is 19.0 Å². The van der Waals surface area contributed by atoms with Crippen molar-refractivity contribution in [2.24, 2.45) is 10.9 Å². The van der Waals surface area contributed by atoms with Gasteiger partial charge in [0.15, 0.2) is 27.8 Å². The Hall–Kier alpha value is -4.71. The van der Waals surface area contributed by atoms with E-state index < -0.39 is 23.9 Å². The molecule has 11 nitrogen and oxygen atoms in total. The molecule has 1 unspecified atom stereocenters. The topological polar surface area (TPSA) is 132 Å². The van der Waals surface area contributed by atoms with Crippen molar-refractivity contribution in [3.63, 3.8) is 0 Å². The number of benzene rings is 2. The zero-order chi connectivity index (χ0) is 31.4. The van der Waals surface area contributed by atoms with E-state index in [2.05, 4.69) is 4.99 Å². The van der Waals surface area contributed by atoms with Crippen LogP contribution in [0.15, 0.2) is 57.5 Å². The van der Waals surface area contributed by atoms with E-state index in [0.29, 0.717) is 31.9 Å². The molecule has 4 rings (SSSR count). The summed E-state index contributed by atoms with van der Waals surface area (Å²) in [4.78, 5) is 55.5. The Labute approximate surface area is 251 Å². The lowest BCUT2D eigenvalue weighted by Crippen LogP contribution is -2.40. The summed E-state index contributed by atoms with van der Waals surface area (Å²) < 4.78 is 28.7. The van der Waals surface area contributed by atoms with Crippen LogP contribution in [0.3, 0.4) is 0 Å². The van der Waals surface area contributed by atoms with Crippen LogP contribution in [-0.2, 0) is 19.1 Å². The average molecular weight is 609 g/mol. The second-order valence-electron chi connectivity index (χ2n) is 10.1. The van der Waals surface area contributed by atoms with Gasteiger partial charge in [-0.05, 0) is 54.3 Å². The van der Waals surface area contributed by atoms with Crippen molar-refractivity contribution in [2.45, 2.75) is 40.7 Å². The molecule has 226 valence electrons. The Bertz CT molecular complexity index is 1800. The molecule has 1 aliphatic heterocycles. The fourth-order valence-corrected chi connectivity index (χ4v) is 5.52. The van der Waals surface area contributed by atoms with Crippen molar-refractivity contribution in [3.05, 3.63) is 78.5 Å². The van der Waals surface area contributed by atoms with E-state index in [4.69, 9.17) is 23.7 Å². The maximum Gasteiger partial charge on any atom is 0.338 e. The highest BCUT2D eigenvalue weighted by Gasteiger charge is 2.34. The predicted molar refractivity (Wildman–Crippen MR) is 158 cm³/mol. The van der Waals surface area contributed by atoms with Crippen LogP contribution >= 0.6 is 11.3 Å². The number of esters is 3. The van der Waals surface area contributed by atoms with Crippen molar-refractivity contribution in [1.29, 1.82) is 0 Å². The predicted octanol–water partition coefficient (Wildman–Crippen LogP) is 3.30. The lowest BCUT2D eigenvalue weighted by atomic mass is 9.95. The van der Waals surface area contributed by atoms with Gasteiger partial charge in [-0.2, -0.15) is 0 Å². The molecule has 0 spiro atoms. The van der Waals surface area contributed by atoms with E-state index in [0.717, 1.165) is 11.3 Å². The van der Waals surface area contributed by atoms with E-state index in [9.17, 15) is 19.2 Å². The van der Waals surface area contributed by atoms with Crippen LogP contribution in [0.5, 0.6) is 23.0 Å². The molecular weight excluding hydrogens is 576 g/mol. The fourth-order valence-electron chi connectivity index (χ4n) is 4.48. The van der Waals surface area contributed by atoms with Gasteiger partial charge in [-0.1, -0.05) is 37.3 Å². The van der Waals surface area contributed by atoms with E-state index in [1.807, 2.05) is 13.8 Å². The van der Waals surface area contributed by atoms with Crippen LogP contribution in [0, 0.1) is 5.92 Å². The first-order valence-corrected chi connectivity index (χ1v) is 14.2. The Balaban J connectivity index is 1.90. The number of fused-ring (bicyclic) bond motifs is 1. The van der Waals surface area contributed by atoms with E-state index in [1.54, 1.807) is 49.4 Å². The van der Waals surface area contributed by atoms with Crippen LogP contribution in [0.1, 0.15) is 51.8 Å². The number of carbonyl (C=O) groups is 3. The van der Waals surface area contributed by atoms with Crippen molar-refractivity contribution in [3.8, 4) is 23.0 Å².